The van der Waals surface area contributed by atoms with Crippen LogP contribution < -0.4 is 4.90 Å². The van der Waals surface area contributed by atoms with Crippen LogP contribution in [-0.2, 0) is 0 Å². The minimum atomic E-state index is 0.793. The Hall–Kier alpha value is -1.10. The number of fused-ring (bicyclic) bond motifs is 1. The van der Waals surface area contributed by atoms with Crippen molar-refractivity contribution in [2.24, 2.45) is 5.92 Å². The van der Waals surface area contributed by atoms with Gasteiger partial charge >= 0.3 is 0 Å². The number of aromatic nitrogens is 3. The molecule has 1 unspecified atom stereocenters. The highest BCUT2D eigenvalue weighted by Crippen LogP contribution is 2.24. The lowest BCUT2D eigenvalue weighted by molar-refractivity contribution is 0.406. The van der Waals surface area contributed by atoms with Crippen molar-refractivity contribution in [3.05, 3.63) is 24.5 Å². The van der Waals surface area contributed by atoms with Gasteiger partial charge in [-0.2, -0.15) is 5.10 Å². The molecule has 1 fully saturated rings. The number of hydrogen-bond acceptors (Lipinski definition) is 3. The van der Waals surface area contributed by atoms with Crippen LogP contribution in [0.1, 0.15) is 19.3 Å². The molecule has 0 amide bonds. The summed E-state index contributed by atoms with van der Waals surface area (Å²) in [4.78, 5) is 7.07. The van der Waals surface area contributed by atoms with Gasteiger partial charge in [0.15, 0.2) is 5.65 Å². The molecule has 1 saturated heterocycles. The van der Waals surface area contributed by atoms with Crippen LogP contribution in [0.15, 0.2) is 24.5 Å². The number of piperidine rings is 1. The van der Waals surface area contributed by atoms with Gasteiger partial charge in [-0.15, -0.1) is 0 Å². The molecule has 0 radical (unpaired) electrons. The number of hydrogen-bond donors (Lipinski definition) is 0. The minimum Gasteiger partial charge on any atom is -0.356 e. The molecule has 0 N–H and O–H groups in total. The van der Waals surface area contributed by atoms with Crippen molar-refractivity contribution < 1.29 is 0 Å². The lowest BCUT2D eigenvalue weighted by Crippen LogP contribution is -2.36. The third kappa shape index (κ3) is 2.36. The predicted molar refractivity (Wildman–Crippen MR) is 76.3 cm³/mol. The zero-order chi connectivity index (χ0) is 12.4. The molecule has 3 heterocycles. The lowest BCUT2D eigenvalue weighted by Gasteiger charge is -2.33. The molecule has 96 valence electrons. The molecule has 0 aliphatic carbocycles. The van der Waals surface area contributed by atoms with E-state index in [9.17, 15) is 0 Å². The van der Waals surface area contributed by atoms with Crippen LogP contribution in [0.4, 0.5) is 5.82 Å². The molecule has 0 aromatic carbocycles. The van der Waals surface area contributed by atoms with E-state index < -0.39 is 0 Å². The fourth-order valence-electron chi connectivity index (χ4n) is 2.64. The molecule has 1 aliphatic heterocycles. The first-order chi connectivity index (χ1) is 8.86. The molecule has 18 heavy (non-hydrogen) atoms. The highest BCUT2D eigenvalue weighted by atomic mass is 79.9. The van der Waals surface area contributed by atoms with E-state index in [1.54, 1.807) is 6.20 Å². The molecule has 0 spiro atoms. The number of anilines is 1. The standard InChI is InChI=1S/C13H17BrN4/c14-6-3-11-2-1-8-17(10-11)12-5-9-18-13(16-12)4-7-15-18/h4-5,7,9,11H,1-3,6,8,10H2. The van der Waals surface area contributed by atoms with Gasteiger partial charge in [-0.1, -0.05) is 15.9 Å². The maximum absolute atomic E-state index is 4.67. The molecule has 1 aliphatic rings. The summed E-state index contributed by atoms with van der Waals surface area (Å²) < 4.78 is 1.81. The van der Waals surface area contributed by atoms with Gasteiger partial charge < -0.3 is 4.90 Å². The quantitative estimate of drug-likeness (QED) is 0.818. The van der Waals surface area contributed by atoms with Gasteiger partial charge in [0.1, 0.15) is 5.82 Å². The minimum absolute atomic E-state index is 0.793. The average molecular weight is 309 g/mol. The van der Waals surface area contributed by atoms with E-state index in [4.69, 9.17) is 0 Å². The Balaban J connectivity index is 1.80. The second kappa shape index (κ2) is 5.26. The van der Waals surface area contributed by atoms with Crippen LogP contribution in [0.3, 0.4) is 0 Å². The molecular weight excluding hydrogens is 292 g/mol. The van der Waals surface area contributed by atoms with Gasteiger partial charge in [-0.25, -0.2) is 9.50 Å². The Bertz CT molecular complexity index is 522. The first kappa shape index (κ1) is 12.0. The zero-order valence-corrected chi connectivity index (χ0v) is 11.9. The van der Waals surface area contributed by atoms with Crippen molar-refractivity contribution in [2.75, 3.05) is 23.3 Å². The first-order valence-corrected chi connectivity index (χ1v) is 7.60. The van der Waals surface area contributed by atoms with E-state index in [0.717, 1.165) is 35.8 Å². The molecule has 4 nitrogen and oxygen atoms in total. The average Bonchev–Trinajstić information content (AvgIpc) is 2.86. The first-order valence-electron chi connectivity index (χ1n) is 6.48. The fourth-order valence-corrected chi connectivity index (χ4v) is 3.29. The Labute approximate surface area is 115 Å². The third-order valence-electron chi connectivity index (χ3n) is 3.60. The number of rotatable bonds is 3. The van der Waals surface area contributed by atoms with Crippen molar-refractivity contribution in [3.63, 3.8) is 0 Å². The second-order valence-electron chi connectivity index (χ2n) is 4.85. The van der Waals surface area contributed by atoms with Crippen molar-refractivity contribution in [2.45, 2.75) is 19.3 Å². The Morgan fingerprint density at radius 2 is 2.33 bits per heavy atom. The van der Waals surface area contributed by atoms with Crippen LogP contribution >= 0.6 is 15.9 Å². The number of nitrogens with zero attached hydrogens (tertiary/aromatic N) is 4. The summed E-state index contributed by atoms with van der Waals surface area (Å²) >= 11 is 3.54. The van der Waals surface area contributed by atoms with Crippen molar-refractivity contribution >= 4 is 27.4 Å². The molecule has 3 rings (SSSR count). The smallest absolute Gasteiger partial charge is 0.157 e. The Kier molecular flexibility index (Phi) is 3.50. The highest BCUT2D eigenvalue weighted by Gasteiger charge is 2.20. The van der Waals surface area contributed by atoms with Crippen molar-refractivity contribution in [1.29, 1.82) is 0 Å². The van der Waals surface area contributed by atoms with Crippen LogP contribution in [0.5, 0.6) is 0 Å². The number of halogens is 1. The summed E-state index contributed by atoms with van der Waals surface area (Å²) in [6.07, 6.45) is 7.65. The van der Waals surface area contributed by atoms with E-state index in [1.807, 2.05) is 16.8 Å². The van der Waals surface area contributed by atoms with Gasteiger partial charge in [0.2, 0.25) is 0 Å². The maximum Gasteiger partial charge on any atom is 0.157 e. The lowest BCUT2D eigenvalue weighted by atomic mass is 9.96. The molecule has 2 aromatic heterocycles. The molecular formula is C13H17BrN4. The van der Waals surface area contributed by atoms with E-state index in [-0.39, 0.29) is 0 Å². The molecule has 1 atom stereocenters. The molecule has 2 aromatic rings. The Morgan fingerprint density at radius 1 is 1.39 bits per heavy atom. The molecule has 5 heteroatoms. The van der Waals surface area contributed by atoms with E-state index >= 15 is 0 Å². The summed E-state index contributed by atoms with van der Waals surface area (Å²) in [6, 6.07) is 4.01. The van der Waals surface area contributed by atoms with Gasteiger partial charge in [0, 0.05) is 30.7 Å². The maximum atomic E-state index is 4.67. The third-order valence-corrected chi connectivity index (χ3v) is 4.06. The largest absolute Gasteiger partial charge is 0.356 e. The SMILES string of the molecule is BrCCC1CCCN(c2ccn3nccc3n2)C1. The highest BCUT2D eigenvalue weighted by molar-refractivity contribution is 9.09. The van der Waals surface area contributed by atoms with Gasteiger partial charge in [-0.3, -0.25) is 0 Å². The molecule has 0 bridgehead atoms. The monoisotopic (exact) mass is 308 g/mol. The van der Waals surface area contributed by atoms with Gasteiger partial charge in [0.25, 0.3) is 0 Å². The van der Waals surface area contributed by atoms with Crippen LogP contribution in [0.25, 0.3) is 5.65 Å². The fraction of sp³-hybridized carbons (Fsp3) is 0.538. The van der Waals surface area contributed by atoms with Crippen LogP contribution in [0.2, 0.25) is 0 Å². The van der Waals surface area contributed by atoms with Crippen molar-refractivity contribution in [1.82, 2.24) is 14.6 Å². The van der Waals surface area contributed by atoms with Crippen LogP contribution in [-0.4, -0.2) is 33.0 Å². The predicted octanol–water partition coefficient (Wildman–Crippen LogP) is 2.73. The van der Waals surface area contributed by atoms with E-state index in [0.29, 0.717) is 0 Å². The number of alkyl halides is 1. The second-order valence-corrected chi connectivity index (χ2v) is 5.64. The topological polar surface area (TPSA) is 33.4 Å². The summed E-state index contributed by atoms with van der Waals surface area (Å²) in [5.74, 6) is 1.88. The summed E-state index contributed by atoms with van der Waals surface area (Å²) in [6.45, 7) is 2.25. The normalized spacial score (nSPS) is 20.5. The zero-order valence-electron chi connectivity index (χ0n) is 10.3. The molecule has 0 saturated carbocycles. The summed E-state index contributed by atoms with van der Waals surface area (Å²) in [5, 5.41) is 5.28. The Morgan fingerprint density at radius 3 is 3.22 bits per heavy atom. The van der Waals surface area contributed by atoms with E-state index in [2.05, 4.69) is 37.0 Å². The summed E-state index contributed by atoms with van der Waals surface area (Å²) in [7, 11) is 0. The summed E-state index contributed by atoms with van der Waals surface area (Å²) in [5.41, 5.74) is 0.926. The van der Waals surface area contributed by atoms with Gasteiger partial charge in [0.05, 0.1) is 6.20 Å². The van der Waals surface area contributed by atoms with E-state index in [1.165, 1.54) is 19.3 Å². The van der Waals surface area contributed by atoms with Gasteiger partial charge in [-0.05, 0) is 31.2 Å². The van der Waals surface area contributed by atoms with Crippen LogP contribution in [0, 0.1) is 5.92 Å². The van der Waals surface area contributed by atoms with Crippen molar-refractivity contribution in [3.8, 4) is 0 Å².